The molecule has 0 radical (unpaired) electrons. The van der Waals surface area contributed by atoms with Crippen molar-refractivity contribution >= 4 is 5.95 Å². The van der Waals surface area contributed by atoms with Gasteiger partial charge in [-0.2, -0.15) is 0 Å². The zero-order valence-electron chi connectivity index (χ0n) is 15.0. The molecule has 2 fully saturated rings. The van der Waals surface area contributed by atoms with Crippen LogP contribution in [0.5, 0.6) is 0 Å². The number of ether oxygens (including phenoxy) is 1. The lowest BCUT2D eigenvalue weighted by Gasteiger charge is -2.32. The van der Waals surface area contributed by atoms with Crippen molar-refractivity contribution in [3.63, 3.8) is 0 Å². The van der Waals surface area contributed by atoms with Crippen LogP contribution < -0.4 is 10.5 Å². The van der Waals surface area contributed by atoms with Crippen LogP contribution in [0.15, 0.2) is 23.1 Å². The van der Waals surface area contributed by atoms with E-state index in [1.165, 1.54) is 18.9 Å². The third-order valence-corrected chi connectivity index (χ3v) is 4.82. The highest BCUT2D eigenvalue weighted by molar-refractivity contribution is 5.31. The maximum Gasteiger partial charge on any atom is 0.251 e. The van der Waals surface area contributed by atoms with E-state index in [1.807, 2.05) is 19.2 Å². The molecule has 2 aromatic heterocycles. The summed E-state index contributed by atoms with van der Waals surface area (Å²) in [4.78, 5) is 32.6. The zero-order valence-corrected chi connectivity index (χ0v) is 15.0. The number of hydrogen-bond acceptors (Lipinski definition) is 7. The predicted molar refractivity (Wildman–Crippen MR) is 97.0 cm³/mol. The number of aromatic amines is 1. The summed E-state index contributed by atoms with van der Waals surface area (Å²) < 4.78 is 5.83. The van der Waals surface area contributed by atoms with E-state index in [9.17, 15) is 4.79 Å². The van der Waals surface area contributed by atoms with Gasteiger partial charge in [-0.25, -0.2) is 15.0 Å². The molecule has 0 aliphatic carbocycles. The molecule has 2 aromatic rings. The molecule has 0 amide bonds. The van der Waals surface area contributed by atoms with E-state index in [1.54, 1.807) is 0 Å². The normalized spacial score (nSPS) is 21.3. The summed E-state index contributed by atoms with van der Waals surface area (Å²) in [7, 11) is 0. The minimum absolute atomic E-state index is 0.140. The molecule has 0 saturated carbocycles. The second-order valence-electron chi connectivity index (χ2n) is 6.91. The van der Waals surface area contributed by atoms with Crippen molar-refractivity contribution < 1.29 is 4.74 Å². The van der Waals surface area contributed by atoms with E-state index in [-0.39, 0.29) is 11.7 Å². The molecule has 1 atom stereocenters. The maximum atomic E-state index is 11.7. The van der Waals surface area contributed by atoms with Gasteiger partial charge >= 0.3 is 0 Å². The van der Waals surface area contributed by atoms with E-state index in [0.29, 0.717) is 24.7 Å². The van der Waals surface area contributed by atoms with Gasteiger partial charge in [-0.05, 0) is 25.8 Å². The number of anilines is 1. The van der Waals surface area contributed by atoms with Gasteiger partial charge in [0.1, 0.15) is 11.9 Å². The smallest absolute Gasteiger partial charge is 0.251 e. The van der Waals surface area contributed by atoms with E-state index in [0.717, 1.165) is 37.8 Å². The number of aryl methyl sites for hydroxylation is 1. The van der Waals surface area contributed by atoms with E-state index < -0.39 is 0 Å². The van der Waals surface area contributed by atoms with Gasteiger partial charge in [0.25, 0.3) is 5.56 Å². The van der Waals surface area contributed by atoms with Crippen molar-refractivity contribution in [2.75, 3.05) is 37.7 Å². The first-order valence-corrected chi connectivity index (χ1v) is 9.16. The van der Waals surface area contributed by atoms with Gasteiger partial charge in [0.2, 0.25) is 5.95 Å². The van der Waals surface area contributed by atoms with E-state index >= 15 is 0 Å². The molecule has 2 aliphatic heterocycles. The fraction of sp³-hybridized carbons (Fsp3) is 0.556. The molecule has 8 nitrogen and oxygen atoms in total. The van der Waals surface area contributed by atoms with Gasteiger partial charge in [0.15, 0.2) is 0 Å². The Bertz CT molecular complexity index is 817. The van der Waals surface area contributed by atoms with Gasteiger partial charge < -0.3 is 14.6 Å². The largest absolute Gasteiger partial charge is 0.368 e. The number of aromatic nitrogens is 4. The first-order chi connectivity index (χ1) is 12.7. The maximum absolute atomic E-state index is 11.7. The number of morpholine rings is 1. The molecule has 4 heterocycles. The Morgan fingerprint density at radius 2 is 2.12 bits per heavy atom. The quantitative estimate of drug-likeness (QED) is 0.876. The van der Waals surface area contributed by atoms with Gasteiger partial charge in [-0.1, -0.05) is 0 Å². The van der Waals surface area contributed by atoms with E-state index in [4.69, 9.17) is 9.72 Å². The van der Waals surface area contributed by atoms with Crippen LogP contribution in [0, 0.1) is 6.92 Å². The average molecular weight is 356 g/mol. The molecule has 4 rings (SSSR count). The molecular weight excluding hydrogens is 332 g/mol. The summed E-state index contributed by atoms with van der Waals surface area (Å²) >= 11 is 0. The lowest BCUT2D eigenvalue weighted by atomic mass is 10.2. The van der Waals surface area contributed by atoms with Crippen molar-refractivity contribution in [2.45, 2.75) is 32.4 Å². The lowest BCUT2D eigenvalue weighted by molar-refractivity contribution is -0.0377. The Balaban J connectivity index is 1.45. The SMILES string of the molecule is Cc1cc(=O)[nH]c([C@@H]2CN(Cc3ccnc(N4CCCC4)n3)CCO2)n1. The van der Waals surface area contributed by atoms with E-state index in [2.05, 4.69) is 24.8 Å². The number of H-pyrrole nitrogens is 1. The lowest BCUT2D eigenvalue weighted by Crippen LogP contribution is -2.39. The van der Waals surface area contributed by atoms with Crippen LogP contribution in [-0.2, 0) is 11.3 Å². The van der Waals surface area contributed by atoms with Gasteiger partial charge in [-0.15, -0.1) is 0 Å². The van der Waals surface area contributed by atoms with Crippen LogP contribution in [-0.4, -0.2) is 57.6 Å². The molecule has 0 unspecified atom stereocenters. The van der Waals surface area contributed by atoms with Crippen molar-refractivity contribution in [3.8, 4) is 0 Å². The minimum Gasteiger partial charge on any atom is -0.368 e. The average Bonchev–Trinajstić information content (AvgIpc) is 3.16. The van der Waals surface area contributed by atoms with Crippen molar-refractivity contribution in [3.05, 3.63) is 45.9 Å². The fourth-order valence-corrected chi connectivity index (χ4v) is 3.54. The molecule has 8 heteroatoms. The summed E-state index contributed by atoms with van der Waals surface area (Å²) in [6, 6.07) is 3.46. The van der Waals surface area contributed by atoms with Gasteiger partial charge in [-0.3, -0.25) is 9.69 Å². The zero-order chi connectivity index (χ0) is 17.9. The van der Waals surface area contributed by atoms with Gasteiger partial charge in [0.05, 0.1) is 12.3 Å². The van der Waals surface area contributed by atoms with Crippen molar-refractivity contribution in [1.29, 1.82) is 0 Å². The van der Waals surface area contributed by atoms with Crippen LogP contribution in [0.1, 0.15) is 36.2 Å². The Hall–Kier alpha value is -2.32. The van der Waals surface area contributed by atoms with Crippen LogP contribution in [0.3, 0.4) is 0 Å². The standard InChI is InChI=1S/C18H24N6O2/c1-13-10-16(25)22-17(20-13)15-12-23(8-9-26-15)11-14-4-5-19-18(21-14)24-6-2-3-7-24/h4-5,10,15H,2-3,6-9,11-12H2,1H3,(H,20,22,25)/t15-/m0/s1. The molecule has 2 aliphatic rings. The van der Waals surface area contributed by atoms with Crippen LogP contribution in [0.2, 0.25) is 0 Å². The minimum atomic E-state index is -0.226. The first-order valence-electron chi connectivity index (χ1n) is 9.16. The predicted octanol–water partition coefficient (Wildman–Crippen LogP) is 1.04. The number of hydrogen-bond donors (Lipinski definition) is 1. The van der Waals surface area contributed by atoms with Gasteiger partial charge in [0, 0.05) is 50.7 Å². The molecule has 2 saturated heterocycles. The molecule has 0 bridgehead atoms. The topological polar surface area (TPSA) is 87.2 Å². The molecular formula is C18H24N6O2. The van der Waals surface area contributed by atoms with Crippen LogP contribution in [0.4, 0.5) is 5.95 Å². The Kier molecular flexibility index (Phi) is 4.94. The monoisotopic (exact) mass is 356 g/mol. The number of rotatable bonds is 4. The Morgan fingerprint density at radius 3 is 2.92 bits per heavy atom. The molecule has 1 N–H and O–H groups in total. The molecule has 26 heavy (non-hydrogen) atoms. The number of nitrogens with zero attached hydrogens (tertiary/aromatic N) is 5. The van der Waals surface area contributed by atoms with Crippen molar-refractivity contribution in [2.24, 2.45) is 0 Å². The molecule has 0 spiro atoms. The second kappa shape index (κ2) is 7.51. The summed E-state index contributed by atoms with van der Waals surface area (Å²) in [5.74, 6) is 1.43. The first kappa shape index (κ1) is 17.1. The summed E-state index contributed by atoms with van der Waals surface area (Å²) in [6.07, 6.45) is 4.03. The summed E-state index contributed by atoms with van der Waals surface area (Å²) in [5, 5.41) is 0. The summed E-state index contributed by atoms with van der Waals surface area (Å²) in [6.45, 7) is 6.74. The molecule has 138 valence electrons. The highest BCUT2D eigenvalue weighted by atomic mass is 16.5. The van der Waals surface area contributed by atoms with Crippen LogP contribution in [0.25, 0.3) is 0 Å². The Morgan fingerprint density at radius 1 is 1.27 bits per heavy atom. The highest BCUT2D eigenvalue weighted by Crippen LogP contribution is 2.21. The molecule has 0 aromatic carbocycles. The summed E-state index contributed by atoms with van der Waals surface area (Å²) in [5.41, 5.74) is 1.57. The third-order valence-electron chi connectivity index (χ3n) is 4.82. The second-order valence-corrected chi connectivity index (χ2v) is 6.91. The third kappa shape index (κ3) is 3.91. The highest BCUT2D eigenvalue weighted by Gasteiger charge is 2.25. The van der Waals surface area contributed by atoms with Crippen LogP contribution >= 0.6 is 0 Å². The fourth-order valence-electron chi connectivity index (χ4n) is 3.54. The number of nitrogens with one attached hydrogen (secondary N) is 1. The van der Waals surface area contributed by atoms with Crippen molar-refractivity contribution in [1.82, 2.24) is 24.8 Å². The Labute approximate surface area is 152 Å².